The highest BCUT2D eigenvalue weighted by molar-refractivity contribution is 7.98. The van der Waals surface area contributed by atoms with Gasteiger partial charge in [0.05, 0.1) is 11.2 Å². The zero-order chi connectivity index (χ0) is 14.1. The molecule has 20 heavy (non-hydrogen) atoms. The van der Waals surface area contributed by atoms with Crippen LogP contribution in [0.25, 0.3) is 22.2 Å². The molecule has 2 aromatic heterocycles. The molecule has 0 amide bonds. The molecular weight excluding hydrogens is 290 g/mol. The van der Waals surface area contributed by atoms with E-state index in [1.807, 2.05) is 43.5 Å². The van der Waals surface area contributed by atoms with E-state index in [9.17, 15) is 0 Å². The molecule has 0 spiro atoms. The first-order valence-electron chi connectivity index (χ1n) is 6.12. The highest BCUT2D eigenvalue weighted by Gasteiger charge is 2.11. The Morgan fingerprint density at radius 2 is 2.00 bits per heavy atom. The van der Waals surface area contributed by atoms with E-state index < -0.39 is 0 Å². The Morgan fingerprint density at radius 1 is 1.15 bits per heavy atom. The van der Waals surface area contributed by atoms with Crippen molar-refractivity contribution in [2.45, 2.75) is 12.1 Å². The van der Waals surface area contributed by atoms with Crippen LogP contribution in [-0.2, 0) is 0 Å². The molecule has 3 nitrogen and oxygen atoms in total. The Bertz CT molecular complexity index is 789. The van der Waals surface area contributed by atoms with Crippen molar-refractivity contribution in [2.24, 2.45) is 0 Å². The monoisotopic (exact) mass is 301 g/mol. The van der Waals surface area contributed by atoms with Crippen LogP contribution in [0.1, 0.15) is 5.56 Å². The van der Waals surface area contributed by atoms with E-state index in [1.54, 1.807) is 6.20 Å². The molecule has 0 saturated carbocycles. The van der Waals surface area contributed by atoms with E-state index in [1.165, 1.54) is 11.8 Å². The summed E-state index contributed by atoms with van der Waals surface area (Å²) < 4.78 is 0. The number of benzene rings is 1. The molecule has 0 aliphatic rings. The summed E-state index contributed by atoms with van der Waals surface area (Å²) in [6.45, 7) is 1.93. The summed E-state index contributed by atoms with van der Waals surface area (Å²) >= 11 is 7.67. The summed E-state index contributed by atoms with van der Waals surface area (Å²) in [6.07, 6.45) is 3.73. The first kappa shape index (κ1) is 13.3. The molecule has 0 radical (unpaired) electrons. The van der Waals surface area contributed by atoms with Gasteiger partial charge in [-0.05, 0) is 25.3 Å². The largest absolute Gasteiger partial charge is 0.256 e. The highest BCUT2D eigenvalue weighted by Crippen LogP contribution is 2.29. The molecule has 0 fully saturated rings. The van der Waals surface area contributed by atoms with Crippen molar-refractivity contribution >= 4 is 34.3 Å². The van der Waals surface area contributed by atoms with Crippen LogP contribution < -0.4 is 0 Å². The lowest BCUT2D eigenvalue weighted by Crippen LogP contribution is -1.96. The standard InChI is InChI=1S/C15H12ClN3S/c1-9-13(18-15(20-2)19-14(9)16)11-6-5-10-4-3-7-17-12(10)8-11/h3-8H,1-2H3. The summed E-state index contributed by atoms with van der Waals surface area (Å²) in [5, 5.41) is 2.29. The molecule has 5 heteroatoms. The lowest BCUT2D eigenvalue weighted by Gasteiger charge is -2.09. The van der Waals surface area contributed by atoms with Crippen LogP contribution in [0.3, 0.4) is 0 Å². The second-order valence-corrected chi connectivity index (χ2v) is 5.52. The number of thioether (sulfide) groups is 1. The molecule has 0 aliphatic carbocycles. The SMILES string of the molecule is CSc1nc(Cl)c(C)c(-c2ccc3cccnc3c2)n1. The van der Waals surface area contributed by atoms with Crippen molar-refractivity contribution < 1.29 is 0 Å². The van der Waals surface area contributed by atoms with Crippen LogP contribution >= 0.6 is 23.4 Å². The predicted octanol–water partition coefficient (Wildman–Crippen LogP) is 4.38. The fourth-order valence-electron chi connectivity index (χ4n) is 2.06. The Kier molecular flexibility index (Phi) is 3.59. The second kappa shape index (κ2) is 5.38. The van der Waals surface area contributed by atoms with E-state index in [0.29, 0.717) is 10.3 Å². The minimum Gasteiger partial charge on any atom is -0.256 e. The topological polar surface area (TPSA) is 38.7 Å². The van der Waals surface area contributed by atoms with Crippen molar-refractivity contribution in [3.05, 3.63) is 47.2 Å². The number of rotatable bonds is 2. The molecular formula is C15H12ClN3S. The van der Waals surface area contributed by atoms with Crippen LogP contribution in [-0.4, -0.2) is 21.2 Å². The van der Waals surface area contributed by atoms with Gasteiger partial charge in [0.1, 0.15) is 5.15 Å². The lowest BCUT2D eigenvalue weighted by molar-refractivity contribution is 0.960. The van der Waals surface area contributed by atoms with Gasteiger partial charge >= 0.3 is 0 Å². The maximum absolute atomic E-state index is 6.19. The Balaban J connectivity index is 2.22. The van der Waals surface area contributed by atoms with E-state index in [0.717, 1.165) is 27.7 Å². The maximum Gasteiger partial charge on any atom is 0.189 e. The van der Waals surface area contributed by atoms with Crippen LogP contribution in [0, 0.1) is 6.92 Å². The zero-order valence-electron chi connectivity index (χ0n) is 11.1. The highest BCUT2D eigenvalue weighted by atomic mass is 35.5. The van der Waals surface area contributed by atoms with Gasteiger partial charge in [0.15, 0.2) is 5.16 Å². The van der Waals surface area contributed by atoms with Gasteiger partial charge < -0.3 is 0 Å². The summed E-state index contributed by atoms with van der Waals surface area (Å²) in [5.41, 5.74) is 3.71. The van der Waals surface area contributed by atoms with Gasteiger partial charge in [0.25, 0.3) is 0 Å². The lowest BCUT2D eigenvalue weighted by atomic mass is 10.1. The number of hydrogen-bond acceptors (Lipinski definition) is 4. The molecule has 2 heterocycles. The van der Waals surface area contributed by atoms with Crippen LogP contribution in [0.15, 0.2) is 41.7 Å². The first-order valence-corrected chi connectivity index (χ1v) is 7.72. The molecule has 3 aromatic rings. The summed E-state index contributed by atoms with van der Waals surface area (Å²) in [7, 11) is 0. The third-order valence-corrected chi connectivity index (χ3v) is 4.04. The first-order chi connectivity index (χ1) is 9.69. The number of fused-ring (bicyclic) bond motifs is 1. The minimum absolute atomic E-state index is 0.500. The number of nitrogens with zero attached hydrogens (tertiary/aromatic N) is 3. The maximum atomic E-state index is 6.19. The predicted molar refractivity (Wildman–Crippen MR) is 84.3 cm³/mol. The second-order valence-electron chi connectivity index (χ2n) is 4.39. The normalized spacial score (nSPS) is 10.9. The number of hydrogen-bond donors (Lipinski definition) is 0. The van der Waals surface area contributed by atoms with Crippen molar-refractivity contribution in [1.29, 1.82) is 0 Å². The number of aromatic nitrogens is 3. The van der Waals surface area contributed by atoms with Crippen LogP contribution in [0.5, 0.6) is 0 Å². The molecule has 0 aliphatic heterocycles. The van der Waals surface area contributed by atoms with Gasteiger partial charge in [-0.25, -0.2) is 9.97 Å². The van der Waals surface area contributed by atoms with Crippen LogP contribution in [0.2, 0.25) is 5.15 Å². The van der Waals surface area contributed by atoms with Crippen molar-refractivity contribution in [1.82, 2.24) is 15.0 Å². The van der Waals surface area contributed by atoms with E-state index in [4.69, 9.17) is 11.6 Å². The fourth-order valence-corrected chi connectivity index (χ4v) is 2.64. The van der Waals surface area contributed by atoms with E-state index in [2.05, 4.69) is 15.0 Å². The molecule has 0 N–H and O–H groups in total. The Morgan fingerprint density at radius 3 is 2.80 bits per heavy atom. The molecule has 0 bridgehead atoms. The van der Waals surface area contributed by atoms with Gasteiger partial charge in [0, 0.05) is 22.7 Å². The van der Waals surface area contributed by atoms with Crippen molar-refractivity contribution in [3.63, 3.8) is 0 Å². The molecule has 100 valence electrons. The fraction of sp³-hybridized carbons (Fsp3) is 0.133. The third kappa shape index (κ3) is 2.37. The number of halogens is 1. The quantitative estimate of drug-likeness (QED) is 0.400. The smallest absolute Gasteiger partial charge is 0.189 e. The average molecular weight is 302 g/mol. The van der Waals surface area contributed by atoms with E-state index >= 15 is 0 Å². The number of pyridine rings is 1. The summed E-state index contributed by atoms with van der Waals surface area (Å²) in [5.74, 6) is 0. The van der Waals surface area contributed by atoms with E-state index in [-0.39, 0.29) is 0 Å². The van der Waals surface area contributed by atoms with Gasteiger partial charge in [-0.3, -0.25) is 4.98 Å². The minimum atomic E-state index is 0.500. The zero-order valence-corrected chi connectivity index (χ0v) is 12.7. The summed E-state index contributed by atoms with van der Waals surface area (Å²) in [4.78, 5) is 13.2. The summed E-state index contributed by atoms with van der Waals surface area (Å²) in [6, 6.07) is 10.1. The Labute approximate surface area is 126 Å². The van der Waals surface area contributed by atoms with Crippen LogP contribution in [0.4, 0.5) is 0 Å². The van der Waals surface area contributed by atoms with Gasteiger partial charge in [0.2, 0.25) is 0 Å². The van der Waals surface area contributed by atoms with Crippen molar-refractivity contribution in [3.8, 4) is 11.3 Å². The van der Waals surface area contributed by atoms with Gasteiger partial charge in [-0.15, -0.1) is 0 Å². The molecule has 0 unspecified atom stereocenters. The molecule has 1 aromatic carbocycles. The van der Waals surface area contributed by atoms with Gasteiger partial charge in [-0.2, -0.15) is 0 Å². The molecule has 0 atom stereocenters. The third-order valence-electron chi connectivity index (χ3n) is 3.13. The van der Waals surface area contributed by atoms with Gasteiger partial charge in [-0.1, -0.05) is 41.6 Å². The molecule has 0 saturated heterocycles. The average Bonchev–Trinajstić information content (AvgIpc) is 2.49. The Hall–Kier alpha value is -1.65. The van der Waals surface area contributed by atoms with Crippen molar-refractivity contribution in [2.75, 3.05) is 6.26 Å². The molecule has 3 rings (SSSR count).